The van der Waals surface area contributed by atoms with Gasteiger partial charge in [-0.3, -0.25) is 4.79 Å². The van der Waals surface area contributed by atoms with Gasteiger partial charge < -0.3 is 14.6 Å². The van der Waals surface area contributed by atoms with Gasteiger partial charge >= 0.3 is 5.97 Å². The first-order chi connectivity index (χ1) is 11.9. The van der Waals surface area contributed by atoms with Crippen molar-refractivity contribution in [1.82, 2.24) is 0 Å². The summed E-state index contributed by atoms with van der Waals surface area (Å²) in [7, 11) is 0. The van der Waals surface area contributed by atoms with Gasteiger partial charge in [0.2, 0.25) is 0 Å². The van der Waals surface area contributed by atoms with Crippen LogP contribution in [0.1, 0.15) is 73.6 Å². The molecule has 4 heteroatoms. The van der Waals surface area contributed by atoms with Crippen LogP contribution in [-0.2, 0) is 14.3 Å². The summed E-state index contributed by atoms with van der Waals surface area (Å²) in [5.74, 6) is 0.455. The summed E-state index contributed by atoms with van der Waals surface area (Å²) < 4.78 is 12.4. The second-order valence-corrected chi connectivity index (χ2v) is 10.2. The van der Waals surface area contributed by atoms with E-state index in [4.69, 9.17) is 9.47 Å². The van der Waals surface area contributed by atoms with Gasteiger partial charge in [0, 0.05) is 6.92 Å². The van der Waals surface area contributed by atoms with Crippen molar-refractivity contribution in [2.45, 2.75) is 97.1 Å². The van der Waals surface area contributed by atoms with Gasteiger partial charge in [-0.1, -0.05) is 26.8 Å². The molecule has 0 unspecified atom stereocenters. The summed E-state index contributed by atoms with van der Waals surface area (Å²) in [4.78, 5) is 11.7. The average Bonchev–Trinajstić information content (AvgIpc) is 2.52. The Bertz CT molecular complexity index is 599. The number of esters is 1. The quantitative estimate of drug-likeness (QED) is 0.588. The first kappa shape index (κ1) is 19.9. The molecule has 3 fully saturated rings. The fraction of sp³-hybridized carbons (Fsp3) is 0.864. The van der Waals surface area contributed by atoms with E-state index in [0.717, 1.165) is 32.1 Å². The van der Waals surface area contributed by atoms with Crippen molar-refractivity contribution in [3.05, 3.63) is 12.7 Å². The molecule has 1 aliphatic heterocycles. The number of hydrogen-bond donors (Lipinski definition) is 1. The first-order valence-corrected chi connectivity index (χ1v) is 10.1. The Morgan fingerprint density at radius 3 is 2.38 bits per heavy atom. The number of carbonyl (C=O) groups is 1. The summed E-state index contributed by atoms with van der Waals surface area (Å²) in [6.45, 7) is 16.4. The lowest BCUT2D eigenvalue weighted by Crippen LogP contribution is -2.67. The second-order valence-electron chi connectivity index (χ2n) is 10.2. The van der Waals surface area contributed by atoms with Gasteiger partial charge in [0.25, 0.3) is 0 Å². The lowest BCUT2D eigenvalue weighted by molar-refractivity contribution is -0.290. The van der Waals surface area contributed by atoms with Gasteiger partial charge in [-0.05, 0) is 68.6 Å². The summed E-state index contributed by atoms with van der Waals surface area (Å²) in [6.07, 6.45) is 5.84. The van der Waals surface area contributed by atoms with Crippen molar-refractivity contribution in [1.29, 1.82) is 0 Å². The van der Waals surface area contributed by atoms with Crippen LogP contribution >= 0.6 is 0 Å². The van der Waals surface area contributed by atoms with E-state index in [1.165, 1.54) is 6.92 Å². The zero-order valence-corrected chi connectivity index (χ0v) is 17.3. The van der Waals surface area contributed by atoms with Crippen LogP contribution in [0, 0.1) is 22.7 Å². The van der Waals surface area contributed by atoms with E-state index in [9.17, 15) is 9.90 Å². The molecule has 2 aliphatic carbocycles. The Labute approximate surface area is 158 Å². The Kier molecular flexibility index (Phi) is 4.64. The number of ether oxygens (including phenoxy) is 2. The van der Waals surface area contributed by atoms with E-state index in [0.29, 0.717) is 5.92 Å². The van der Waals surface area contributed by atoms with Crippen LogP contribution in [-0.4, -0.2) is 34.5 Å². The monoisotopic (exact) mass is 364 g/mol. The molecule has 0 bridgehead atoms. The van der Waals surface area contributed by atoms with E-state index in [1.807, 2.05) is 6.92 Å². The van der Waals surface area contributed by atoms with Crippen molar-refractivity contribution in [2.75, 3.05) is 0 Å². The third-order valence-corrected chi connectivity index (χ3v) is 8.23. The Morgan fingerprint density at radius 2 is 1.81 bits per heavy atom. The molecule has 7 atom stereocenters. The molecular weight excluding hydrogens is 328 g/mol. The molecule has 3 aliphatic rings. The fourth-order valence-electron chi connectivity index (χ4n) is 6.69. The number of aliphatic hydroxyl groups excluding tert-OH is 1. The van der Waals surface area contributed by atoms with E-state index < -0.39 is 5.60 Å². The molecule has 0 aromatic carbocycles. The minimum absolute atomic E-state index is 0.0661. The third-order valence-electron chi connectivity index (χ3n) is 8.23. The first-order valence-electron chi connectivity index (χ1n) is 10.1. The van der Waals surface area contributed by atoms with Crippen molar-refractivity contribution in [3.63, 3.8) is 0 Å². The number of carbonyl (C=O) groups excluding carboxylic acids is 1. The van der Waals surface area contributed by atoms with Gasteiger partial charge in [0.05, 0.1) is 11.7 Å². The fourth-order valence-corrected chi connectivity index (χ4v) is 6.69. The normalized spacial score (nSPS) is 50.3. The molecular formula is C22H36O4. The SMILES string of the molecule is C=C[C@]1(C)O[C@@]2(C)CC[C@@H]3C(C)(C)[C@H](O)CC[C@@]3(C)[C@@H]2C[C@H]1OC(C)=O. The molecule has 1 heterocycles. The zero-order chi connectivity index (χ0) is 19.5. The summed E-state index contributed by atoms with van der Waals surface area (Å²) in [5, 5.41) is 10.6. The van der Waals surface area contributed by atoms with Gasteiger partial charge in [-0.25, -0.2) is 0 Å². The number of aliphatic hydroxyl groups is 1. The highest BCUT2D eigenvalue weighted by atomic mass is 16.6. The highest BCUT2D eigenvalue weighted by Crippen LogP contribution is 2.65. The maximum absolute atomic E-state index is 11.7. The molecule has 1 N–H and O–H groups in total. The Balaban J connectivity index is 2.00. The van der Waals surface area contributed by atoms with Crippen molar-refractivity contribution < 1.29 is 19.4 Å². The van der Waals surface area contributed by atoms with Crippen LogP contribution in [0.4, 0.5) is 0 Å². The Hall–Kier alpha value is -0.870. The predicted octanol–water partition coefficient (Wildman–Crippen LogP) is 4.26. The van der Waals surface area contributed by atoms with Crippen LogP contribution in [0.25, 0.3) is 0 Å². The lowest BCUT2D eigenvalue weighted by atomic mass is 9.43. The molecule has 0 aromatic heterocycles. The van der Waals surface area contributed by atoms with Gasteiger partial charge in [0.1, 0.15) is 11.7 Å². The van der Waals surface area contributed by atoms with Gasteiger partial charge in [-0.2, -0.15) is 0 Å². The summed E-state index contributed by atoms with van der Waals surface area (Å²) >= 11 is 0. The molecule has 26 heavy (non-hydrogen) atoms. The van der Waals surface area contributed by atoms with Crippen LogP contribution in [0.15, 0.2) is 12.7 Å². The van der Waals surface area contributed by atoms with E-state index in [-0.39, 0.29) is 40.5 Å². The molecule has 4 nitrogen and oxygen atoms in total. The molecule has 0 aromatic rings. The third kappa shape index (κ3) is 2.75. The topological polar surface area (TPSA) is 55.8 Å². The summed E-state index contributed by atoms with van der Waals surface area (Å²) in [5.41, 5.74) is -0.964. The molecule has 0 amide bonds. The van der Waals surface area contributed by atoms with Crippen LogP contribution in [0.5, 0.6) is 0 Å². The lowest BCUT2D eigenvalue weighted by Gasteiger charge is -2.66. The summed E-state index contributed by atoms with van der Waals surface area (Å²) in [6, 6.07) is 0. The van der Waals surface area contributed by atoms with Crippen LogP contribution in [0.3, 0.4) is 0 Å². The number of hydrogen-bond acceptors (Lipinski definition) is 4. The molecule has 1 saturated heterocycles. The number of fused-ring (bicyclic) bond motifs is 3. The van der Waals surface area contributed by atoms with Gasteiger partial charge in [0.15, 0.2) is 0 Å². The minimum Gasteiger partial charge on any atom is -0.459 e. The molecule has 0 spiro atoms. The molecule has 148 valence electrons. The van der Waals surface area contributed by atoms with Gasteiger partial charge in [-0.15, -0.1) is 6.58 Å². The van der Waals surface area contributed by atoms with E-state index in [1.54, 1.807) is 6.08 Å². The van der Waals surface area contributed by atoms with Crippen LogP contribution in [0.2, 0.25) is 0 Å². The van der Waals surface area contributed by atoms with Crippen LogP contribution < -0.4 is 0 Å². The minimum atomic E-state index is -0.663. The van der Waals surface area contributed by atoms with Crippen molar-refractivity contribution >= 4 is 5.97 Å². The van der Waals surface area contributed by atoms with E-state index >= 15 is 0 Å². The van der Waals surface area contributed by atoms with Crippen molar-refractivity contribution in [2.24, 2.45) is 22.7 Å². The molecule has 3 rings (SSSR count). The Morgan fingerprint density at radius 1 is 1.15 bits per heavy atom. The smallest absolute Gasteiger partial charge is 0.303 e. The number of rotatable bonds is 2. The predicted molar refractivity (Wildman–Crippen MR) is 102 cm³/mol. The maximum atomic E-state index is 11.7. The standard InChI is InChI=1S/C22H36O4/c1-8-21(6)18(25-14(2)23)13-16-20(5)11-10-17(24)19(3,4)15(20)9-12-22(16,7)26-21/h8,15-18,24H,1,9-13H2,2-7H3/t15-,16+,17-,18-,20-,21+,22+/m1/s1. The van der Waals surface area contributed by atoms with E-state index in [2.05, 4.69) is 34.3 Å². The second kappa shape index (κ2) is 6.07. The average molecular weight is 365 g/mol. The molecule has 2 saturated carbocycles. The van der Waals surface area contributed by atoms with Crippen molar-refractivity contribution in [3.8, 4) is 0 Å². The highest BCUT2D eigenvalue weighted by Gasteiger charge is 2.65. The zero-order valence-electron chi connectivity index (χ0n) is 17.3. The molecule has 0 radical (unpaired) electrons. The maximum Gasteiger partial charge on any atom is 0.303 e. The highest BCUT2D eigenvalue weighted by molar-refractivity contribution is 5.66. The largest absolute Gasteiger partial charge is 0.459 e.